The number of carbonyl (C=O) groups is 1. The molecule has 6 heteroatoms. The Balaban J connectivity index is 1.82. The summed E-state index contributed by atoms with van der Waals surface area (Å²) >= 11 is 3.45. The molecule has 4 rings (SSSR count). The molecular weight excluding hydrogens is 480 g/mol. The molecule has 170 valence electrons. The molecular formula is C27H27BrN2O3. The second-order valence-corrected chi connectivity index (χ2v) is 10.3. The molecule has 1 aliphatic heterocycles. The number of ketones is 1. The van der Waals surface area contributed by atoms with Crippen LogP contribution in [-0.4, -0.2) is 12.9 Å². The monoisotopic (exact) mass is 506 g/mol. The normalized spacial score (nSPS) is 19.5. The Hall–Kier alpha value is -3.04. The molecule has 0 saturated carbocycles. The highest BCUT2D eigenvalue weighted by atomic mass is 79.9. The summed E-state index contributed by atoms with van der Waals surface area (Å²) in [7, 11) is 1.60. The van der Waals surface area contributed by atoms with Gasteiger partial charge in [0.2, 0.25) is 0 Å². The number of carbonyl (C=O) groups excluding carboxylic acids is 1. The quantitative estimate of drug-likeness (QED) is 0.525. The maximum Gasteiger partial charge on any atom is 0.165 e. The Morgan fingerprint density at radius 1 is 1.18 bits per heavy atom. The highest BCUT2D eigenvalue weighted by molar-refractivity contribution is 9.10. The number of hydrogen-bond donors (Lipinski definition) is 1. The van der Waals surface area contributed by atoms with Crippen LogP contribution in [0.25, 0.3) is 0 Å². The summed E-state index contributed by atoms with van der Waals surface area (Å²) in [6.45, 7) is 6.43. The molecule has 1 atom stereocenters. The Kier molecular flexibility index (Phi) is 6.36. The topological polar surface area (TPSA) is 71.3 Å². The van der Waals surface area contributed by atoms with Gasteiger partial charge in [-0.1, -0.05) is 54.0 Å². The van der Waals surface area contributed by atoms with Crippen molar-refractivity contribution in [1.29, 1.82) is 5.26 Å². The third-order valence-electron chi connectivity index (χ3n) is 6.20. The average molecular weight is 507 g/mol. The van der Waals surface area contributed by atoms with Crippen molar-refractivity contribution in [2.24, 2.45) is 5.41 Å². The molecule has 0 bridgehead atoms. The maximum absolute atomic E-state index is 13.4. The summed E-state index contributed by atoms with van der Waals surface area (Å²) in [4.78, 5) is 13.4. The van der Waals surface area contributed by atoms with Gasteiger partial charge in [-0.3, -0.25) is 4.79 Å². The average Bonchev–Trinajstić information content (AvgIpc) is 2.76. The summed E-state index contributed by atoms with van der Waals surface area (Å²) in [6.07, 6.45) is 1.19. The van der Waals surface area contributed by atoms with Crippen LogP contribution in [-0.2, 0) is 11.4 Å². The number of methoxy groups -OCH3 is 1. The number of Topliss-reactive ketones (excluding diaryl/α,β-unsaturated/α-hetero) is 1. The third kappa shape index (κ3) is 4.56. The van der Waals surface area contributed by atoms with Gasteiger partial charge in [-0.2, -0.15) is 5.26 Å². The molecule has 0 radical (unpaired) electrons. The van der Waals surface area contributed by atoms with Crippen LogP contribution in [0.5, 0.6) is 11.5 Å². The van der Waals surface area contributed by atoms with Crippen LogP contribution in [0.3, 0.4) is 0 Å². The van der Waals surface area contributed by atoms with E-state index < -0.39 is 5.92 Å². The first kappa shape index (κ1) is 23.1. The summed E-state index contributed by atoms with van der Waals surface area (Å²) in [6, 6.07) is 15.9. The van der Waals surface area contributed by atoms with Crippen molar-refractivity contribution in [3.8, 4) is 17.6 Å². The van der Waals surface area contributed by atoms with E-state index in [1.54, 1.807) is 7.11 Å². The molecule has 5 nitrogen and oxygen atoms in total. The number of nitrogens with one attached hydrogen (secondary N) is 1. The summed E-state index contributed by atoms with van der Waals surface area (Å²) in [5, 5.41) is 13.4. The Morgan fingerprint density at radius 2 is 1.91 bits per heavy atom. The maximum atomic E-state index is 13.4. The van der Waals surface area contributed by atoms with Crippen molar-refractivity contribution in [3.63, 3.8) is 0 Å². The minimum Gasteiger partial charge on any atom is -0.493 e. The number of para-hydroxylation sites is 1. The predicted octanol–water partition coefficient (Wildman–Crippen LogP) is 6.16. The van der Waals surface area contributed by atoms with E-state index in [0.717, 1.165) is 33.4 Å². The van der Waals surface area contributed by atoms with Crippen LogP contribution in [0.1, 0.15) is 50.7 Å². The molecule has 2 aromatic carbocycles. The number of allylic oxidation sites excluding steroid dienone is 4. The van der Waals surface area contributed by atoms with E-state index in [2.05, 4.69) is 41.2 Å². The number of benzene rings is 2. The molecule has 0 aromatic heterocycles. The summed E-state index contributed by atoms with van der Waals surface area (Å²) < 4.78 is 12.9. The van der Waals surface area contributed by atoms with Crippen molar-refractivity contribution < 1.29 is 14.3 Å². The van der Waals surface area contributed by atoms with E-state index in [4.69, 9.17) is 9.47 Å². The first-order valence-corrected chi connectivity index (χ1v) is 11.7. The van der Waals surface area contributed by atoms with Gasteiger partial charge in [-0.05, 0) is 42.5 Å². The fraction of sp³-hybridized carbons (Fsp3) is 0.333. The summed E-state index contributed by atoms with van der Waals surface area (Å²) in [5.41, 5.74) is 4.51. The van der Waals surface area contributed by atoms with Gasteiger partial charge in [0.05, 0.1) is 24.7 Å². The second-order valence-electron chi connectivity index (χ2n) is 9.34. The van der Waals surface area contributed by atoms with Crippen LogP contribution in [0.4, 0.5) is 0 Å². The highest BCUT2D eigenvalue weighted by Crippen LogP contribution is 2.49. The van der Waals surface area contributed by atoms with E-state index >= 15 is 0 Å². The van der Waals surface area contributed by atoms with Crippen molar-refractivity contribution in [2.75, 3.05) is 7.11 Å². The molecule has 2 aromatic rings. The fourth-order valence-corrected chi connectivity index (χ4v) is 4.97. The van der Waals surface area contributed by atoms with Crippen LogP contribution in [0.2, 0.25) is 0 Å². The molecule has 0 saturated heterocycles. The van der Waals surface area contributed by atoms with Crippen molar-refractivity contribution in [2.45, 2.75) is 46.1 Å². The van der Waals surface area contributed by atoms with Gasteiger partial charge in [0.25, 0.3) is 0 Å². The molecule has 1 aliphatic carbocycles. The van der Waals surface area contributed by atoms with Gasteiger partial charge in [0.15, 0.2) is 17.3 Å². The van der Waals surface area contributed by atoms with E-state index in [9.17, 15) is 10.1 Å². The predicted molar refractivity (Wildman–Crippen MR) is 131 cm³/mol. The number of dihydropyridines is 1. The largest absolute Gasteiger partial charge is 0.493 e. The molecule has 2 aliphatic rings. The van der Waals surface area contributed by atoms with E-state index in [-0.39, 0.29) is 11.2 Å². The Morgan fingerprint density at radius 3 is 2.58 bits per heavy atom. The van der Waals surface area contributed by atoms with E-state index in [1.807, 2.05) is 49.4 Å². The van der Waals surface area contributed by atoms with E-state index in [1.165, 1.54) is 0 Å². The standard InChI is InChI=1S/C27H27BrN2O3/c1-16-20(14-29)24(25-21(30-16)12-27(2,3)13-22(25)31)19-6-5-7-23(32-4)26(19)33-15-17-8-10-18(28)11-9-17/h5-11,24,30H,12-13,15H2,1-4H3/t24-/m1/s1. The number of hydrogen-bond acceptors (Lipinski definition) is 5. The van der Waals surface area contributed by atoms with E-state index in [0.29, 0.717) is 35.7 Å². The lowest BCUT2D eigenvalue weighted by Gasteiger charge is -2.39. The molecule has 33 heavy (non-hydrogen) atoms. The summed E-state index contributed by atoms with van der Waals surface area (Å²) in [5.74, 6) is 0.703. The lowest BCUT2D eigenvalue weighted by molar-refractivity contribution is -0.118. The van der Waals surface area contributed by atoms with Gasteiger partial charge in [0.1, 0.15) is 6.61 Å². The lowest BCUT2D eigenvalue weighted by atomic mass is 9.68. The first-order valence-electron chi connectivity index (χ1n) is 10.9. The van der Waals surface area contributed by atoms with Crippen LogP contribution in [0, 0.1) is 16.7 Å². The van der Waals surface area contributed by atoms with Crippen LogP contribution in [0.15, 0.2) is 69.5 Å². The fourth-order valence-electron chi connectivity index (χ4n) is 4.71. The van der Waals surface area contributed by atoms with Gasteiger partial charge in [-0.25, -0.2) is 0 Å². The Labute approximate surface area is 203 Å². The molecule has 0 amide bonds. The molecule has 0 unspecified atom stereocenters. The number of nitriles is 1. The highest BCUT2D eigenvalue weighted by Gasteiger charge is 2.42. The van der Waals surface area contributed by atoms with Crippen molar-refractivity contribution in [1.82, 2.24) is 5.32 Å². The smallest absolute Gasteiger partial charge is 0.165 e. The number of nitrogens with zero attached hydrogens (tertiary/aromatic N) is 1. The molecule has 0 fully saturated rings. The minimum absolute atomic E-state index is 0.0701. The number of ether oxygens (including phenoxy) is 2. The zero-order valence-corrected chi connectivity index (χ0v) is 20.9. The molecule has 0 spiro atoms. The zero-order valence-electron chi connectivity index (χ0n) is 19.3. The van der Waals surface area contributed by atoms with Crippen molar-refractivity contribution >= 4 is 21.7 Å². The van der Waals surface area contributed by atoms with Crippen LogP contribution >= 0.6 is 15.9 Å². The number of rotatable bonds is 5. The van der Waals surface area contributed by atoms with Gasteiger partial charge >= 0.3 is 0 Å². The van der Waals surface area contributed by atoms with Crippen molar-refractivity contribution in [3.05, 3.63) is 80.6 Å². The second kappa shape index (κ2) is 9.07. The van der Waals surface area contributed by atoms with Gasteiger partial charge in [0, 0.05) is 33.4 Å². The SMILES string of the molecule is COc1cccc([C@@H]2C(C#N)=C(C)NC3=C2C(=O)CC(C)(C)C3)c1OCc1ccc(Br)cc1. The first-order chi connectivity index (χ1) is 15.7. The molecule has 1 N–H and O–H groups in total. The number of halogens is 1. The Bertz CT molecular complexity index is 1200. The van der Waals surface area contributed by atoms with Gasteiger partial charge < -0.3 is 14.8 Å². The zero-order chi connectivity index (χ0) is 23.8. The third-order valence-corrected chi connectivity index (χ3v) is 6.73. The van der Waals surface area contributed by atoms with Gasteiger partial charge in [-0.15, -0.1) is 0 Å². The van der Waals surface area contributed by atoms with Crippen LogP contribution < -0.4 is 14.8 Å². The molecule has 1 heterocycles. The lowest BCUT2D eigenvalue weighted by Crippen LogP contribution is -2.37. The minimum atomic E-state index is -0.495.